The van der Waals surface area contributed by atoms with Crippen LogP contribution in [-0.4, -0.2) is 0 Å². The number of benzene rings is 12. The van der Waals surface area contributed by atoms with Crippen LogP contribution in [0.2, 0.25) is 0 Å². The molecular weight excluding hydrogens is 811 g/mol. The van der Waals surface area contributed by atoms with Gasteiger partial charge in [0, 0.05) is 61.4 Å². The molecule has 1 aliphatic heterocycles. The van der Waals surface area contributed by atoms with E-state index < -0.39 is 0 Å². The Morgan fingerprint density at radius 2 is 0.418 bits per heavy atom. The highest BCUT2D eigenvalue weighted by Crippen LogP contribution is 2.53. The number of hydrogen-bond donors (Lipinski definition) is 0. The topological polar surface area (TPSA) is 9.72 Å². The second-order valence-corrected chi connectivity index (χ2v) is 17.3. The summed E-state index contributed by atoms with van der Waals surface area (Å²) in [6.45, 7) is 0. The molecule has 0 radical (unpaired) electrons. The SMILES string of the molecule is c1ccc(-c2c3ccccc3c(N3c4cccc(c4)N(c4ccccc4)c4cccc(c4)N(c4c5ccccc5c(-c5ccccc5)c5ccccc45)c4cccc3c4)c3ccccc23)cc1. The maximum atomic E-state index is 2.50. The van der Waals surface area contributed by atoms with Crippen LogP contribution in [0.25, 0.3) is 65.3 Å². The van der Waals surface area contributed by atoms with Gasteiger partial charge >= 0.3 is 0 Å². The van der Waals surface area contributed by atoms with Crippen molar-refractivity contribution in [2.45, 2.75) is 0 Å². The molecule has 0 saturated carbocycles. The Bertz CT molecular complexity index is 3480. The summed E-state index contributed by atoms with van der Waals surface area (Å²) in [4.78, 5) is 7.39. The summed E-state index contributed by atoms with van der Waals surface area (Å²) >= 11 is 0. The Kier molecular flexibility index (Phi) is 9.17. The first-order chi connectivity index (χ1) is 33.3. The van der Waals surface area contributed by atoms with Gasteiger partial charge < -0.3 is 14.7 Å². The minimum Gasteiger partial charge on any atom is -0.310 e. The summed E-state index contributed by atoms with van der Waals surface area (Å²) in [5.74, 6) is 0. The van der Waals surface area contributed by atoms with E-state index in [9.17, 15) is 0 Å². The van der Waals surface area contributed by atoms with Crippen molar-refractivity contribution in [2.24, 2.45) is 0 Å². The molecule has 0 amide bonds. The fraction of sp³-hybridized carbons (Fsp3) is 0. The number of nitrogens with zero attached hydrogens (tertiary/aromatic N) is 3. The van der Waals surface area contributed by atoms with Crippen molar-refractivity contribution < 1.29 is 0 Å². The van der Waals surface area contributed by atoms with Crippen LogP contribution in [0, 0.1) is 0 Å². The third-order valence-electron chi connectivity index (χ3n) is 13.4. The van der Waals surface area contributed by atoms with Gasteiger partial charge in [-0.1, -0.05) is 194 Å². The van der Waals surface area contributed by atoms with E-state index in [1.54, 1.807) is 0 Å². The van der Waals surface area contributed by atoms with E-state index in [4.69, 9.17) is 0 Å². The van der Waals surface area contributed by atoms with E-state index in [1.807, 2.05) is 0 Å². The van der Waals surface area contributed by atoms with E-state index >= 15 is 0 Å². The molecule has 3 nitrogen and oxygen atoms in total. The van der Waals surface area contributed by atoms with Crippen LogP contribution in [-0.2, 0) is 0 Å². The van der Waals surface area contributed by atoms with Gasteiger partial charge in [-0.15, -0.1) is 0 Å². The molecule has 314 valence electrons. The molecule has 0 aliphatic carbocycles. The highest BCUT2D eigenvalue weighted by molar-refractivity contribution is 6.24. The molecule has 3 heteroatoms. The van der Waals surface area contributed by atoms with Crippen LogP contribution in [0.5, 0.6) is 0 Å². The molecule has 1 heterocycles. The van der Waals surface area contributed by atoms with Gasteiger partial charge in [-0.05, 0) is 111 Å². The van der Waals surface area contributed by atoms with Gasteiger partial charge in [0.15, 0.2) is 0 Å². The summed E-state index contributed by atoms with van der Waals surface area (Å²) < 4.78 is 0. The van der Waals surface area contributed by atoms with Gasteiger partial charge in [0.25, 0.3) is 0 Å². The molecule has 67 heavy (non-hydrogen) atoms. The minimum atomic E-state index is 1.06. The summed E-state index contributed by atoms with van der Waals surface area (Å²) in [7, 11) is 0. The number of para-hydroxylation sites is 1. The molecule has 13 rings (SSSR count). The molecule has 0 N–H and O–H groups in total. The monoisotopic (exact) mass is 853 g/mol. The van der Waals surface area contributed by atoms with Gasteiger partial charge in [0.1, 0.15) is 0 Å². The molecule has 12 aromatic carbocycles. The van der Waals surface area contributed by atoms with Crippen molar-refractivity contribution in [1.29, 1.82) is 0 Å². The standard InChI is InChI=1S/C64H43N3/c1-4-21-44(22-5-1)61-53-33-10-14-37-57(53)63(58-38-15-11-34-54(58)61)66-49-29-18-27-47(41-49)65(46-25-8-3-9-26-46)48-28-19-30-50(42-48)67(52-32-20-31-51(66)43-52)64-59-39-16-12-35-55(59)62(45-23-6-2-7-24-45)56-36-13-17-40-60(56)64/h1-43H. The van der Waals surface area contributed by atoms with Crippen LogP contribution in [0.15, 0.2) is 261 Å². The maximum absolute atomic E-state index is 2.50. The molecule has 1 aliphatic rings. The van der Waals surface area contributed by atoms with E-state index in [1.165, 1.54) is 65.3 Å². The van der Waals surface area contributed by atoms with Crippen molar-refractivity contribution >= 4 is 94.3 Å². The van der Waals surface area contributed by atoms with E-state index in [0.717, 1.165) is 51.2 Å². The summed E-state index contributed by atoms with van der Waals surface area (Å²) in [5, 5.41) is 9.55. The Hall–Kier alpha value is -8.92. The summed E-state index contributed by atoms with van der Waals surface area (Å²) in [6, 6.07) is 95.5. The average molecular weight is 854 g/mol. The molecular formula is C64H43N3. The highest BCUT2D eigenvalue weighted by Gasteiger charge is 2.27. The lowest BCUT2D eigenvalue weighted by molar-refractivity contribution is 1.23. The molecule has 0 fully saturated rings. The number of anilines is 9. The van der Waals surface area contributed by atoms with Gasteiger partial charge in [-0.25, -0.2) is 0 Å². The lowest BCUT2D eigenvalue weighted by atomic mass is 9.89. The first-order valence-electron chi connectivity index (χ1n) is 23.0. The van der Waals surface area contributed by atoms with Crippen molar-refractivity contribution in [3.63, 3.8) is 0 Å². The van der Waals surface area contributed by atoms with Crippen molar-refractivity contribution in [2.75, 3.05) is 14.7 Å². The van der Waals surface area contributed by atoms with Crippen LogP contribution in [0.4, 0.5) is 51.2 Å². The normalized spacial score (nSPS) is 12.4. The first kappa shape index (κ1) is 38.5. The quantitative estimate of drug-likeness (QED) is 0.160. The molecule has 0 atom stereocenters. The fourth-order valence-corrected chi connectivity index (χ4v) is 10.7. The summed E-state index contributed by atoms with van der Waals surface area (Å²) in [6.07, 6.45) is 0. The van der Waals surface area contributed by atoms with Crippen molar-refractivity contribution in [3.8, 4) is 22.3 Å². The zero-order valence-corrected chi connectivity index (χ0v) is 36.7. The molecule has 0 unspecified atom stereocenters. The zero-order valence-electron chi connectivity index (χ0n) is 36.7. The van der Waals surface area contributed by atoms with Crippen LogP contribution in [0.1, 0.15) is 0 Å². The molecule has 12 aromatic rings. The Balaban J connectivity index is 1.16. The molecule has 0 spiro atoms. The van der Waals surface area contributed by atoms with E-state index in [0.29, 0.717) is 0 Å². The van der Waals surface area contributed by atoms with Crippen molar-refractivity contribution in [1.82, 2.24) is 0 Å². The van der Waals surface area contributed by atoms with Gasteiger partial charge in [-0.3, -0.25) is 0 Å². The fourth-order valence-electron chi connectivity index (χ4n) is 10.7. The van der Waals surface area contributed by atoms with Gasteiger partial charge in [0.2, 0.25) is 0 Å². The predicted molar refractivity (Wildman–Crippen MR) is 285 cm³/mol. The molecule has 0 aromatic heterocycles. The van der Waals surface area contributed by atoms with Crippen LogP contribution in [0.3, 0.4) is 0 Å². The number of hydrogen-bond acceptors (Lipinski definition) is 3. The van der Waals surface area contributed by atoms with Gasteiger partial charge in [-0.2, -0.15) is 0 Å². The average Bonchev–Trinajstić information content (AvgIpc) is 3.39. The molecule has 6 bridgehead atoms. The predicted octanol–water partition coefficient (Wildman–Crippen LogP) is 18.4. The third kappa shape index (κ3) is 6.35. The number of rotatable bonds is 5. The Labute approximate surface area is 390 Å². The first-order valence-corrected chi connectivity index (χ1v) is 23.0. The summed E-state index contributed by atoms with van der Waals surface area (Å²) in [5.41, 5.74) is 14.6. The lowest BCUT2D eigenvalue weighted by Gasteiger charge is -2.35. The smallest absolute Gasteiger partial charge is 0.0618 e. The largest absolute Gasteiger partial charge is 0.310 e. The molecule has 0 saturated heterocycles. The third-order valence-corrected chi connectivity index (χ3v) is 13.4. The number of fused-ring (bicyclic) bond motifs is 10. The van der Waals surface area contributed by atoms with Gasteiger partial charge in [0.05, 0.1) is 11.4 Å². The van der Waals surface area contributed by atoms with Crippen LogP contribution >= 0.6 is 0 Å². The minimum absolute atomic E-state index is 1.06. The maximum Gasteiger partial charge on any atom is 0.0618 e. The second kappa shape index (κ2) is 16.0. The van der Waals surface area contributed by atoms with E-state index in [-0.39, 0.29) is 0 Å². The second-order valence-electron chi connectivity index (χ2n) is 17.3. The lowest BCUT2D eigenvalue weighted by Crippen LogP contribution is -2.17. The Morgan fingerprint density at radius 3 is 0.731 bits per heavy atom. The van der Waals surface area contributed by atoms with E-state index in [2.05, 4.69) is 276 Å². The zero-order chi connectivity index (χ0) is 44.3. The highest BCUT2D eigenvalue weighted by atomic mass is 15.2. The van der Waals surface area contributed by atoms with Crippen molar-refractivity contribution in [3.05, 3.63) is 261 Å². The van der Waals surface area contributed by atoms with Crippen LogP contribution < -0.4 is 14.7 Å². The Morgan fingerprint density at radius 1 is 0.179 bits per heavy atom.